The minimum absolute atomic E-state index is 0.719. The second-order valence-electron chi connectivity index (χ2n) is 5.59. The molecule has 0 aliphatic carbocycles. The fraction of sp³-hybridized carbons (Fsp3) is 0.222. The molecule has 0 spiro atoms. The molecule has 0 bridgehead atoms. The second-order valence-corrected chi connectivity index (χ2v) is 8.81. The Bertz CT molecular complexity index is 744. The summed E-state index contributed by atoms with van der Waals surface area (Å²) in [5.74, 6) is 0. The minimum Gasteiger partial charge on any atom is -0.299 e. The van der Waals surface area contributed by atoms with Gasteiger partial charge in [-0.15, -0.1) is 0 Å². The van der Waals surface area contributed by atoms with E-state index in [1.807, 2.05) is 73.0 Å². The molecule has 138 valence electrons. The Kier molecular flexibility index (Phi) is 8.15. The third-order valence-corrected chi connectivity index (χ3v) is 6.11. The van der Waals surface area contributed by atoms with Gasteiger partial charge in [-0.05, 0) is 61.4 Å². The molecule has 2 rings (SSSR count). The summed E-state index contributed by atoms with van der Waals surface area (Å²) in [6.07, 6.45) is 3.56. The van der Waals surface area contributed by atoms with E-state index in [0.29, 0.717) is 0 Å². The van der Waals surface area contributed by atoms with E-state index in [1.54, 1.807) is 34.6 Å². The average molecular weight is 427 g/mol. The zero-order valence-electron chi connectivity index (χ0n) is 15.0. The molecule has 0 unspecified atom stereocenters. The number of benzene rings is 2. The molecule has 2 aromatic rings. The van der Waals surface area contributed by atoms with Gasteiger partial charge in [0, 0.05) is 46.1 Å². The summed E-state index contributed by atoms with van der Waals surface area (Å²) in [5.41, 5.74) is 3.89. The monoisotopic (exact) mass is 426 g/mol. The highest BCUT2D eigenvalue weighted by Gasteiger charge is 2.01. The van der Waals surface area contributed by atoms with Crippen LogP contribution >= 0.6 is 45.2 Å². The largest absolute Gasteiger partial charge is 0.299 e. The van der Waals surface area contributed by atoms with Crippen molar-refractivity contribution in [2.45, 2.75) is 13.8 Å². The number of hydrogen-bond donors (Lipinski definition) is 0. The van der Waals surface area contributed by atoms with Gasteiger partial charge in [-0.3, -0.25) is 8.61 Å². The molecule has 0 saturated heterocycles. The first-order valence-corrected chi connectivity index (χ1v) is 10.6. The summed E-state index contributed by atoms with van der Waals surface area (Å²) in [7, 11) is 6.98. The van der Waals surface area contributed by atoms with Crippen LogP contribution in [0.5, 0.6) is 0 Å². The van der Waals surface area contributed by atoms with Gasteiger partial charge in [0.1, 0.15) is 12.7 Å². The molecule has 0 aliphatic heterocycles. The Labute approximate surface area is 173 Å². The third kappa shape index (κ3) is 6.76. The predicted molar refractivity (Wildman–Crippen MR) is 119 cm³/mol. The number of aryl methyl sites for hydroxylation is 2. The Morgan fingerprint density at radius 3 is 1.50 bits per heavy atom. The maximum Gasteiger partial charge on any atom is 0.102 e. The van der Waals surface area contributed by atoms with E-state index < -0.39 is 0 Å². The molecule has 4 nitrogen and oxygen atoms in total. The molecule has 0 heterocycles. The van der Waals surface area contributed by atoms with Crippen molar-refractivity contribution < 1.29 is 0 Å². The van der Waals surface area contributed by atoms with Crippen molar-refractivity contribution in [3.05, 3.63) is 57.6 Å². The van der Waals surface area contributed by atoms with Gasteiger partial charge in [-0.25, -0.2) is 9.98 Å². The van der Waals surface area contributed by atoms with Crippen LogP contribution in [-0.4, -0.2) is 35.4 Å². The van der Waals surface area contributed by atoms with Crippen LogP contribution in [0.25, 0.3) is 0 Å². The van der Waals surface area contributed by atoms with Crippen molar-refractivity contribution in [2.75, 3.05) is 14.1 Å². The van der Waals surface area contributed by atoms with E-state index in [2.05, 4.69) is 9.98 Å². The van der Waals surface area contributed by atoms with Gasteiger partial charge >= 0.3 is 0 Å². The normalized spacial score (nSPS) is 11.5. The molecule has 0 aliphatic rings. The Hall–Kier alpha value is -1.34. The number of nitrogens with zero attached hydrogens (tertiary/aromatic N) is 4. The molecular formula is C18H20Cl2N4S2. The zero-order valence-corrected chi connectivity index (χ0v) is 18.1. The van der Waals surface area contributed by atoms with E-state index in [4.69, 9.17) is 23.2 Å². The summed E-state index contributed by atoms with van der Waals surface area (Å²) in [5, 5.41) is 1.44. The van der Waals surface area contributed by atoms with E-state index >= 15 is 0 Å². The quantitative estimate of drug-likeness (QED) is 0.213. The van der Waals surface area contributed by atoms with Crippen molar-refractivity contribution in [2.24, 2.45) is 9.98 Å². The Morgan fingerprint density at radius 1 is 0.769 bits per heavy atom. The van der Waals surface area contributed by atoms with Crippen LogP contribution < -0.4 is 0 Å². The van der Waals surface area contributed by atoms with Gasteiger partial charge < -0.3 is 0 Å². The van der Waals surface area contributed by atoms with Crippen LogP contribution in [0.4, 0.5) is 11.4 Å². The molecule has 0 amide bonds. The van der Waals surface area contributed by atoms with Crippen molar-refractivity contribution in [1.82, 2.24) is 8.61 Å². The van der Waals surface area contributed by atoms with Crippen molar-refractivity contribution in [3.8, 4) is 0 Å². The van der Waals surface area contributed by atoms with Gasteiger partial charge in [0.2, 0.25) is 0 Å². The average Bonchev–Trinajstić information content (AvgIpc) is 2.58. The van der Waals surface area contributed by atoms with E-state index in [9.17, 15) is 0 Å². The van der Waals surface area contributed by atoms with Crippen molar-refractivity contribution >= 4 is 69.2 Å². The number of rotatable bonds is 7. The molecule has 0 saturated carbocycles. The van der Waals surface area contributed by atoms with Crippen LogP contribution in [0, 0.1) is 13.8 Å². The highest BCUT2D eigenvalue weighted by Crippen LogP contribution is 2.28. The van der Waals surface area contributed by atoms with Crippen LogP contribution in [0.3, 0.4) is 0 Å². The van der Waals surface area contributed by atoms with E-state index in [1.165, 1.54) is 0 Å². The topological polar surface area (TPSA) is 31.2 Å². The van der Waals surface area contributed by atoms with Crippen LogP contribution in [-0.2, 0) is 0 Å². The lowest BCUT2D eigenvalue weighted by Gasteiger charge is -2.15. The van der Waals surface area contributed by atoms with Gasteiger partial charge in [-0.2, -0.15) is 0 Å². The molecular weight excluding hydrogens is 407 g/mol. The molecule has 0 atom stereocenters. The van der Waals surface area contributed by atoms with Gasteiger partial charge in [-0.1, -0.05) is 23.2 Å². The SMILES string of the molecule is Cc1cc(Cl)ccc1N=CN(C)SSN(C)C=Nc1ccc(Cl)cc1C. The molecule has 0 radical (unpaired) electrons. The summed E-state index contributed by atoms with van der Waals surface area (Å²) in [6, 6.07) is 11.3. The lowest BCUT2D eigenvalue weighted by Crippen LogP contribution is -2.09. The Balaban J connectivity index is 1.85. The van der Waals surface area contributed by atoms with Crippen LogP contribution in [0.1, 0.15) is 11.1 Å². The number of hydrogen-bond acceptors (Lipinski definition) is 4. The minimum atomic E-state index is 0.719. The third-order valence-electron chi connectivity index (χ3n) is 3.31. The molecule has 0 aromatic heterocycles. The Morgan fingerprint density at radius 2 is 1.15 bits per heavy atom. The van der Waals surface area contributed by atoms with Crippen LogP contribution in [0.15, 0.2) is 46.4 Å². The first-order chi connectivity index (χ1) is 12.3. The predicted octanol–water partition coefficient (Wildman–Crippen LogP) is 6.71. The maximum atomic E-state index is 5.96. The van der Waals surface area contributed by atoms with E-state index in [0.717, 1.165) is 32.5 Å². The standard InChI is InChI=1S/C18H20Cl2N4S2/c1-13-9-15(19)5-7-17(13)21-11-23(3)25-26-24(4)12-22-18-8-6-16(20)10-14(18)2/h5-12H,1-4H3. The van der Waals surface area contributed by atoms with Crippen LogP contribution in [0.2, 0.25) is 10.0 Å². The highest BCUT2D eigenvalue weighted by molar-refractivity contribution is 8.75. The molecule has 26 heavy (non-hydrogen) atoms. The lowest BCUT2D eigenvalue weighted by molar-refractivity contribution is 0.866. The maximum absolute atomic E-state index is 5.96. The summed E-state index contributed by atoms with van der Waals surface area (Å²) in [6.45, 7) is 3.98. The van der Waals surface area contributed by atoms with E-state index in [-0.39, 0.29) is 0 Å². The highest BCUT2D eigenvalue weighted by atomic mass is 35.5. The first-order valence-electron chi connectivity index (χ1n) is 7.76. The molecule has 0 fully saturated rings. The molecule has 8 heteroatoms. The zero-order chi connectivity index (χ0) is 19.1. The van der Waals surface area contributed by atoms with Gasteiger partial charge in [0.25, 0.3) is 0 Å². The molecule has 2 aromatic carbocycles. The lowest BCUT2D eigenvalue weighted by atomic mass is 10.2. The fourth-order valence-electron chi connectivity index (χ4n) is 1.96. The number of aliphatic imine (C=N–C) groups is 2. The first kappa shape index (κ1) is 21.0. The van der Waals surface area contributed by atoms with Gasteiger partial charge in [0.15, 0.2) is 0 Å². The van der Waals surface area contributed by atoms with Gasteiger partial charge in [0.05, 0.1) is 11.4 Å². The summed E-state index contributed by atoms with van der Waals surface area (Å²) >= 11 is 11.9. The summed E-state index contributed by atoms with van der Waals surface area (Å²) in [4.78, 5) is 8.96. The second kappa shape index (κ2) is 10.1. The summed E-state index contributed by atoms with van der Waals surface area (Å²) < 4.78 is 3.85. The smallest absolute Gasteiger partial charge is 0.102 e. The van der Waals surface area contributed by atoms with Crippen molar-refractivity contribution in [3.63, 3.8) is 0 Å². The van der Waals surface area contributed by atoms with Crippen molar-refractivity contribution in [1.29, 1.82) is 0 Å². The molecule has 0 N–H and O–H groups in total. The number of halogens is 2. The fourth-order valence-corrected chi connectivity index (χ4v) is 3.65.